The minimum Gasteiger partial charge on any atom is -0.362 e. The molecule has 0 saturated carbocycles. The number of likely N-dealkylation sites (tertiary alicyclic amines) is 1. The van der Waals surface area contributed by atoms with Crippen LogP contribution in [-0.2, 0) is 9.59 Å². The molecule has 3 rings (SSSR count). The molecule has 1 saturated heterocycles. The Kier molecular flexibility index (Phi) is 4.88. The molecule has 1 aromatic carbocycles. The monoisotopic (exact) mass is 372 g/mol. The maximum Gasteiger partial charge on any atom is 0.255 e. The number of rotatable bonds is 2. The van der Waals surface area contributed by atoms with E-state index in [2.05, 4.69) is 16.0 Å². The molecular weight excluding hydrogens is 344 g/mol. The Morgan fingerprint density at radius 1 is 1.19 bits per heavy atom. The van der Waals surface area contributed by atoms with Gasteiger partial charge in [0.2, 0.25) is 11.8 Å². The van der Waals surface area contributed by atoms with Gasteiger partial charge in [0.25, 0.3) is 5.91 Å². The van der Waals surface area contributed by atoms with Crippen molar-refractivity contribution in [2.45, 2.75) is 64.2 Å². The van der Waals surface area contributed by atoms with Crippen LogP contribution in [0.2, 0.25) is 0 Å². The zero-order chi connectivity index (χ0) is 19.8. The van der Waals surface area contributed by atoms with Crippen molar-refractivity contribution in [1.82, 2.24) is 15.5 Å². The van der Waals surface area contributed by atoms with E-state index in [1.165, 1.54) is 0 Å². The number of hydrogen-bond donors (Lipinski definition) is 3. The maximum atomic E-state index is 12.7. The smallest absolute Gasteiger partial charge is 0.255 e. The van der Waals surface area contributed by atoms with Gasteiger partial charge < -0.3 is 20.9 Å². The highest BCUT2D eigenvalue weighted by atomic mass is 16.2. The summed E-state index contributed by atoms with van der Waals surface area (Å²) in [5, 5.41) is 9.39. The Morgan fingerprint density at radius 3 is 2.59 bits per heavy atom. The van der Waals surface area contributed by atoms with E-state index in [1.54, 1.807) is 17.9 Å². The van der Waals surface area contributed by atoms with Gasteiger partial charge in [-0.1, -0.05) is 12.1 Å². The van der Waals surface area contributed by atoms with Gasteiger partial charge >= 0.3 is 0 Å². The number of amides is 3. The molecule has 2 aliphatic rings. The van der Waals surface area contributed by atoms with E-state index in [4.69, 9.17) is 0 Å². The molecule has 2 aliphatic heterocycles. The summed E-state index contributed by atoms with van der Waals surface area (Å²) in [6.45, 7) is 7.88. The van der Waals surface area contributed by atoms with Gasteiger partial charge in [-0.05, 0) is 46.2 Å². The van der Waals surface area contributed by atoms with Crippen LogP contribution < -0.4 is 16.0 Å². The van der Waals surface area contributed by atoms with Gasteiger partial charge in [-0.25, -0.2) is 0 Å². The number of carbonyl (C=O) groups is 3. The molecule has 0 unspecified atom stereocenters. The van der Waals surface area contributed by atoms with Crippen LogP contribution in [0.1, 0.15) is 57.3 Å². The van der Waals surface area contributed by atoms with Gasteiger partial charge in [0, 0.05) is 30.6 Å². The number of hydrogen-bond acceptors (Lipinski definition) is 4. The van der Waals surface area contributed by atoms with Gasteiger partial charge in [0.15, 0.2) is 0 Å². The van der Waals surface area contributed by atoms with Crippen molar-refractivity contribution >= 4 is 23.4 Å². The van der Waals surface area contributed by atoms with Gasteiger partial charge in [-0.15, -0.1) is 0 Å². The fraction of sp³-hybridized carbons (Fsp3) is 0.550. The highest BCUT2D eigenvalue weighted by Gasteiger charge is 2.41. The predicted octanol–water partition coefficient (Wildman–Crippen LogP) is 1.85. The number of fused-ring (bicyclic) bond motifs is 1. The number of carbonyl (C=O) groups excluding carboxylic acids is 3. The van der Waals surface area contributed by atoms with Crippen molar-refractivity contribution in [3.8, 4) is 0 Å². The van der Waals surface area contributed by atoms with E-state index in [-0.39, 0.29) is 29.7 Å². The van der Waals surface area contributed by atoms with E-state index in [0.29, 0.717) is 24.9 Å². The number of nitrogens with one attached hydrogen (secondary N) is 3. The normalized spacial score (nSPS) is 23.8. The van der Waals surface area contributed by atoms with Crippen LogP contribution in [0.25, 0.3) is 0 Å². The Morgan fingerprint density at radius 2 is 1.89 bits per heavy atom. The van der Waals surface area contributed by atoms with Crippen molar-refractivity contribution in [2.24, 2.45) is 0 Å². The minimum atomic E-state index is -0.671. The highest BCUT2D eigenvalue weighted by molar-refractivity contribution is 6.02. The van der Waals surface area contributed by atoms with Crippen LogP contribution in [0.15, 0.2) is 24.3 Å². The number of para-hydroxylation sites is 1. The van der Waals surface area contributed by atoms with Crippen LogP contribution in [0.4, 0.5) is 5.69 Å². The summed E-state index contributed by atoms with van der Waals surface area (Å²) in [5.74, 6) is -0.375. The van der Waals surface area contributed by atoms with Crippen molar-refractivity contribution in [1.29, 1.82) is 0 Å². The summed E-state index contributed by atoms with van der Waals surface area (Å²) in [7, 11) is 0. The van der Waals surface area contributed by atoms with E-state index < -0.39 is 11.7 Å². The van der Waals surface area contributed by atoms with Crippen LogP contribution in [0.3, 0.4) is 0 Å². The second kappa shape index (κ2) is 6.87. The Balaban J connectivity index is 1.76. The second-order valence-electron chi connectivity index (χ2n) is 8.46. The molecule has 7 heteroatoms. The lowest BCUT2D eigenvalue weighted by molar-refractivity contribution is -0.140. The largest absolute Gasteiger partial charge is 0.362 e. The summed E-state index contributed by atoms with van der Waals surface area (Å²) in [5.41, 5.74) is 0.356. The number of benzene rings is 1. The topological polar surface area (TPSA) is 90.5 Å². The lowest BCUT2D eigenvalue weighted by Crippen LogP contribution is -2.58. The molecule has 1 spiro atoms. The molecule has 27 heavy (non-hydrogen) atoms. The zero-order valence-corrected chi connectivity index (χ0v) is 16.4. The highest BCUT2D eigenvalue weighted by Crippen LogP contribution is 2.32. The second-order valence-corrected chi connectivity index (χ2v) is 8.46. The zero-order valence-electron chi connectivity index (χ0n) is 16.4. The Labute approximate surface area is 159 Å². The fourth-order valence-corrected chi connectivity index (χ4v) is 3.66. The van der Waals surface area contributed by atoms with E-state index in [1.807, 2.05) is 39.0 Å². The number of nitrogens with zero attached hydrogens (tertiary/aromatic N) is 1. The van der Waals surface area contributed by atoms with Crippen molar-refractivity contribution < 1.29 is 14.4 Å². The lowest BCUT2D eigenvalue weighted by Gasteiger charge is -2.40. The molecule has 0 bridgehead atoms. The maximum absolute atomic E-state index is 12.7. The lowest BCUT2D eigenvalue weighted by atomic mass is 9.95. The quantitative estimate of drug-likeness (QED) is 0.739. The van der Waals surface area contributed by atoms with E-state index in [9.17, 15) is 14.4 Å². The molecule has 0 radical (unpaired) electrons. The number of anilines is 1. The molecule has 2 atom stereocenters. The SMILES string of the molecule is C[C@@H](C(=O)NC(C)(C)C)N1CC[C@]2(CCC1=O)NC(=O)c1ccccc1N2. The van der Waals surface area contributed by atoms with Gasteiger partial charge in [-0.3, -0.25) is 14.4 Å². The standard InChI is InChI=1S/C20H28N4O3/c1-13(17(26)22-19(2,3)4)24-12-11-20(10-9-16(24)25)21-15-8-6-5-7-14(15)18(27)23-20/h5-8,13,21H,9-12H2,1-4H3,(H,22,26)(H,23,27)/t13-,20-/m0/s1. The van der Waals surface area contributed by atoms with Gasteiger partial charge in [0.05, 0.1) is 5.56 Å². The first-order chi connectivity index (χ1) is 12.6. The third-order valence-electron chi connectivity index (χ3n) is 5.11. The first-order valence-corrected chi connectivity index (χ1v) is 9.41. The Bertz CT molecular complexity index is 771. The summed E-state index contributed by atoms with van der Waals surface area (Å²) in [4.78, 5) is 39.3. The van der Waals surface area contributed by atoms with Crippen LogP contribution in [0, 0.1) is 0 Å². The van der Waals surface area contributed by atoms with Gasteiger partial charge in [-0.2, -0.15) is 0 Å². The molecule has 146 valence electrons. The van der Waals surface area contributed by atoms with Gasteiger partial charge in [0.1, 0.15) is 11.7 Å². The van der Waals surface area contributed by atoms with Crippen LogP contribution in [-0.4, -0.2) is 46.4 Å². The van der Waals surface area contributed by atoms with Crippen molar-refractivity contribution in [3.05, 3.63) is 29.8 Å². The third-order valence-corrected chi connectivity index (χ3v) is 5.11. The van der Waals surface area contributed by atoms with Crippen molar-refractivity contribution in [2.75, 3.05) is 11.9 Å². The summed E-state index contributed by atoms with van der Waals surface area (Å²) < 4.78 is 0. The fourth-order valence-electron chi connectivity index (χ4n) is 3.66. The predicted molar refractivity (Wildman–Crippen MR) is 103 cm³/mol. The molecular formula is C20H28N4O3. The third kappa shape index (κ3) is 4.07. The Hall–Kier alpha value is -2.57. The molecule has 2 heterocycles. The first kappa shape index (κ1) is 19.2. The molecule has 1 aromatic rings. The van der Waals surface area contributed by atoms with E-state index in [0.717, 1.165) is 5.69 Å². The summed E-state index contributed by atoms with van der Waals surface area (Å²) in [6.07, 6.45) is 1.28. The van der Waals surface area contributed by atoms with Crippen LogP contribution >= 0.6 is 0 Å². The average Bonchev–Trinajstić information content (AvgIpc) is 2.73. The van der Waals surface area contributed by atoms with E-state index >= 15 is 0 Å². The average molecular weight is 372 g/mol. The molecule has 3 N–H and O–H groups in total. The molecule has 7 nitrogen and oxygen atoms in total. The van der Waals surface area contributed by atoms with Crippen molar-refractivity contribution in [3.63, 3.8) is 0 Å². The van der Waals surface area contributed by atoms with Crippen LogP contribution in [0.5, 0.6) is 0 Å². The molecule has 0 aliphatic carbocycles. The molecule has 1 fully saturated rings. The molecule has 0 aromatic heterocycles. The summed E-state index contributed by atoms with van der Waals surface area (Å²) >= 11 is 0. The first-order valence-electron chi connectivity index (χ1n) is 9.41. The minimum absolute atomic E-state index is 0.0710. The molecule has 3 amide bonds. The summed E-state index contributed by atoms with van der Waals surface area (Å²) in [6, 6.07) is 6.80.